The van der Waals surface area contributed by atoms with Crippen molar-refractivity contribution in [3.8, 4) is 0 Å². The van der Waals surface area contributed by atoms with Crippen LogP contribution in [0.25, 0.3) is 0 Å². The van der Waals surface area contributed by atoms with Crippen LogP contribution in [0.3, 0.4) is 0 Å². The molecule has 1 amide bonds. The predicted molar refractivity (Wildman–Crippen MR) is 59.4 cm³/mol. The second-order valence-corrected chi connectivity index (χ2v) is 5.58. The van der Waals surface area contributed by atoms with E-state index in [1.807, 2.05) is 6.92 Å². The molecular formula is C10H18BrNO2. The quantitative estimate of drug-likeness (QED) is 0.741. The minimum absolute atomic E-state index is 0.106. The molecule has 1 unspecified atom stereocenters. The molecule has 14 heavy (non-hydrogen) atoms. The van der Waals surface area contributed by atoms with Gasteiger partial charge in [0.25, 0.3) is 0 Å². The van der Waals surface area contributed by atoms with Crippen LogP contribution in [0.5, 0.6) is 0 Å². The number of rotatable bonds is 5. The van der Waals surface area contributed by atoms with Crippen molar-refractivity contribution in [2.75, 3.05) is 6.61 Å². The molecule has 4 heteroatoms. The van der Waals surface area contributed by atoms with E-state index in [0.717, 1.165) is 32.1 Å². The van der Waals surface area contributed by atoms with E-state index in [1.165, 1.54) is 0 Å². The van der Waals surface area contributed by atoms with Crippen LogP contribution in [0, 0.1) is 0 Å². The van der Waals surface area contributed by atoms with E-state index in [-0.39, 0.29) is 22.9 Å². The zero-order valence-corrected chi connectivity index (χ0v) is 10.1. The molecule has 0 aromatic heterocycles. The molecule has 1 rings (SSSR count). The lowest BCUT2D eigenvalue weighted by molar-refractivity contribution is -0.125. The molecule has 0 saturated heterocycles. The fourth-order valence-electron chi connectivity index (χ4n) is 1.54. The minimum atomic E-state index is -0.291. The first-order chi connectivity index (χ1) is 6.58. The minimum Gasteiger partial charge on any atom is -0.396 e. The summed E-state index contributed by atoms with van der Waals surface area (Å²) < 4.78 is -0.291. The number of carbonyl (C=O) groups excluding carboxylic acids is 1. The maximum absolute atomic E-state index is 11.7. The number of aliphatic hydroxyl groups excluding tert-OH is 1. The second kappa shape index (κ2) is 5.12. The molecule has 1 aliphatic rings. The van der Waals surface area contributed by atoms with Gasteiger partial charge < -0.3 is 10.4 Å². The zero-order valence-electron chi connectivity index (χ0n) is 8.55. The second-order valence-electron chi connectivity index (χ2n) is 4.06. The van der Waals surface area contributed by atoms with Gasteiger partial charge in [-0.2, -0.15) is 0 Å². The van der Waals surface area contributed by atoms with E-state index < -0.39 is 0 Å². The van der Waals surface area contributed by atoms with E-state index in [0.29, 0.717) is 0 Å². The van der Waals surface area contributed by atoms with Crippen LogP contribution in [0.2, 0.25) is 0 Å². The Morgan fingerprint density at radius 2 is 2.29 bits per heavy atom. The molecule has 2 N–H and O–H groups in total. The monoisotopic (exact) mass is 263 g/mol. The van der Waals surface area contributed by atoms with Gasteiger partial charge in [-0.3, -0.25) is 4.79 Å². The number of hydrogen-bond donors (Lipinski definition) is 2. The van der Waals surface area contributed by atoms with Crippen molar-refractivity contribution in [2.45, 2.75) is 49.4 Å². The first-order valence-corrected chi connectivity index (χ1v) is 5.98. The maximum Gasteiger partial charge on any atom is 0.237 e. The smallest absolute Gasteiger partial charge is 0.237 e. The molecule has 0 aliphatic heterocycles. The number of aliphatic hydroxyl groups is 1. The van der Waals surface area contributed by atoms with Gasteiger partial charge in [0, 0.05) is 12.6 Å². The molecule has 1 saturated carbocycles. The Morgan fingerprint density at radius 3 is 2.71 bits per heavy atom. The summed E-state index contributed by atoms with van der Waals surface area (Å²) in [5.74, 6) is 0.106. The van der Waals surface area contributed by atoms with Crippen molar-refractivity contribution in [1.29, 1.82) is 0 Å². The SMILES string of the molecule is CC(CCCO)NC(=O)C1(Br)CCC1. The average molecular weight is 264 g/mol. The topological polar surface area (TPSA) is 49.3 Å². The number of carbonyl (C=O) groups is 1. The van der Waals surface area contributed by atoms with Crippen LogP contribution in [-0.4, -0.2) is 28.0 Å². The molecule has 1 aliphatic carbocycles. The third kappa shape index (κ3) is 2.95. The average Bonchev–Trinajstić information content (AvgIpc) is 2.10. The number of alkyl halides is 1. The molecule has 82 valence electrons. The lowest BCUT2D eigenvalue weighted by Gasteiger charge is -2.35. The lowest BCUT2D eigenvalue weighted by atomic mass is 9.84. The fraction of sp³-hybridized carbons (Fsp3) is 0.900. The summed E-state index contributed by atoms with van der Waals surface area (Å²) in [6, 6.07) is 0.157. The predicted octanol–water partition coefficient (Wildman–Crippen LogP) is 1.58. The van der Waals surface area contributed by atoms with Gasteiger partial charge in [-0.1, -0.05) is 15.9 Å². The van der Waals surface area contributed by atoms with Gasteiger partial charge in [-0.25, -0.2) is 0 Å². The number of nitrogens with one attached hydrogen (secondary N) is 1. The molecular weight excluding hydrogens is 246 g/mol. The Bertz CT molecular complexity index is 204. The summed E-state index contributed by atoms with van der Waals surface area (Å²) in [7, 11) is 0. The largest absolute Gasteiger partial charge is 0.396 e. The molecule has 0 aromatic carbocycles. The van der Waals surface area contributed by atoms with Crippen molar-refractivity contribution >= 4 is 21.8 Å². The highest BCUT2D eigenvalue weighted by molar-refractivity contribution is 9.10. The molecule has 0 spiro atoms. The van der Waals surface area contributed by atoms with E-state index in [9.17, 15) is 4.79 Å². The van der Waals surface area contributed by atoms with Crippen molar-refractivity contribution in [3.63, 3.8) is 0 Å². The molecule has 0 aromatic rings. The normalized spacial score (nSPS) is 21.1. The van der Waals surface area contributed by atoms with Gasteiger partial charge in [-0.15, -0.1) is 0 Å². The summed E-state index contributed by atoms with van der Waals surface area (Å²) in [6.07, 6.45) is 4.59. The maximum atomic E-state index is 11.7. The third-order valence-electron chi connectivity index (χ3n) is 2.73. The van der Waals surface area contributed by atoms with Crippen LogP contribution < -0.4 is 5.32 Å². The van der Waals surface area contributed by atoms with Crippen molar-refractivity contribution in [2.24, 2.45) is 0 Å². The van der Waals surface area contributed by atoms with Gasteiger partial charge in [0.2, 0.25) is 5.91 Å². The van der Waals surface area contributed by atoms with E-state index >= 15 is 0 Å². The van der Waals surface area contributed by atoms with Crippen molar-refractivity contribution in [1.82, 2.24) is 5.32 Å². The number of halogens is 1. The summed E-state index contributed by atoms with van der Waals surface area (Å²) in [5, 5.41) is 11.6. The van der Waals surface area contributed by atoms with Crippen LogP contribution in [0.4, 0.5) is 0 Å². The molecule has 0 bridgehead atoms. The van der Waals surface area contributed by atoms with Crippen molar-refractivity contribution < 1.29 is 9.90 Å². The highest BCUT2D eigenvalue weighted by atomic mass is 79.9. The van der Waals surface area contributed by atoms with Crippen LogP contribution >= 0.6 is 15.9 Å². The molecule has 1 atom stereocenters. The Labute approximate surface area is 93.4 Å². The van der Waals surface area contributed by atoms with E-state index in [4.69, 9.17) is 5.11 Å². The van der Waals surface area contributed by atoms with Gasteiger partial charge in [0.05, 0.1) is 0 Å². The molecule has 1 fully saturated rings. The molecule has 3 nitrogen and oxygen atoms in total. The molecule has 0 heterocycles. The van der Waals surface area contributed by atoms with Gasteiger partial charge >= 0.3 is 0 Å². The first kappa shape index (κ1) is 12.0. The summed E-state index contributed by atoms with van der Waals surface area (Å²) >= 11 is 3.47. The third-order valence-corrected chi connectivity index (χ3v) is 3.88. The highest BCUT2D eigenvalue weighted by Gasteiger charge is 2.41. The Hall–Kier alpha value is -0.0900. The summed E-state index contributed by atoms with van der Waals surface area (Å²) in [5.41, 5.74) is 0. The van der Waals surface area contributed by atoms with Gasteiger partial charge in [0.15, 0.2) is 0 Å². The van der Waals surface area contributed by atoms with Gasteiger partial charge in [0.1, 0.15) is 4.32 Å². The summed E-state index contributed by atoms with van der Waals surface area (Å²) in [6.45, 7) is 2.17. The van der Waals surface area contributed by atoms with Gasteiger partial charge in [-0.05, 0) is 39.0 Å². The fourth-order valence-corrected chi connectivity index (χ4v) is 2.21. The zero-order chi connectivity index (χ0) is 10.6. The molecule has 0 radical (unpaired) electrons. The first-order valence-electron chi connectivity index (χ1n) is 5.19. The standard InChI is InChI=1S/C10H18BrNO2/c1-8(4-2-7-13)12-9(14)10(11)5-3-6-10/h8,13H,2-7H2,1H3,(H,12,14). The highest BCUT2D eigenvalue weighted by Crippen LogP contribution is 2.40. The summed E-state index contributed by atoms with van der Waals surface area (Å²) in [4.78, 5) is 11.7. The van der Waals surface area contributed by atoms with Crippen molar-refractivity contribution in [3.05, 3.63) is 0 Å². The number of amides is 1. The number of hydrogen-bond acceptors (Lipinski definition) is 2. The Kier molecular flexibility index (Phi) is 4.38. The van der Waals surface area contributed by atoms with Crippen LogP contribution in [0.1, 0.15) is 39.0 Å². The van der Waals surface area contributed by atoms with Crippen LogP contribution in [0.15, 0.2) is 0 Å². The van der Waals surface area contributed by atoms with E-state index in [2.05, 4.69) is 21.2 Å². The Morgan fingerprint density at radius 1 is 1.64 bits per heavy atom. The lowest BCUT2D eigenvalue weighted by Crippen LogP contribution is -2.49. The van der Waals surface area contributed by atoms with E-state index in [1.54, 1.807) is 0 Å². The van der Waals surface area contributed by atoms with Crippen LogP contribution in [-0.2, 0) is 4.79 Å². The Balaban J connectivity index is 2.25.